The first kappa shape index (κ1) is 11.8. The first-order chi connectivity index (χ1) is 8.08. The summed E-state index contributed by atoms with van der Waals surface area (Å²) in [5.74, 6) is 0.254. The van der Waals surface area contributed by atoms with E-state index in [1.165, 1.54) is 6.20 Å². The summed E-state index contributed by atoms with van der Waals surface area (Å²) in [5, 5.41) is 10.6. The summed E-state index contributed by atoms with van der Waals surface area (Å²) < 4.78 is 0. The second-order valence-corrected chi connectivity index (χ2v) is 4.23. The fraction of sp³-hybridized carbons (Fsp3) is 0.167. The first-order valence-electron chi connectivity index (χ1n) is 5.09. The molecule has 0 aliphatic carbocycles. The van der Waals surface area contributed by atoms with Crippen LogP contribution in [0.3, 0.4) is 0 Å². The lowest BCUT2D eigenvalue weighted by Gasteiger charge is -2.12. The molecule has 3 N–H and O–H groups in total. The lowest BCUT2D eigenvalue weighted by molar-refractivity contribution is 0.215. The van der Waals surface area contributed by atoms with Crippen LogP contribution in [0.4, 0.5) is 5.82 Å². The number of halogens is 1. The van der Waals surface area contributed by atoms with Crippen molar-refractivity contribution >= 4 is 17.4 Å². The van der Waals surface area contributed by atoms with Gasteiger partial charge < -0.3 is 10.8 Å². The summed E-state index contributed by atoms with van der Waals surface area (Å²) in [6, 6.07) is 5.22. The summed E-state index contributed by atoms with van der Waals surface area (Å²) in [6.45, 7) is 1.93. The molecule has 0 aromatic carbocycles. The molecule has 5 heteroatoms. The number of nitrogens with two attached hydrogens (primary N) is 1. The van der Waals surface area contributed by atoms with Crippen LogP contribution in [-0.4, -0.2) is 15.1 Å². The lowest BCUT2D eigenvalue weighted by Crippen LogP contribution is -2.07. The first-order valence-corrected chi connectivity index (χ1v) is 5.47. The van der Waals surface area contributed by atoms with Crippen molar-refractivity contribution in [3.8, 4) is 0 Å². The maximum atomic E-state index is 10.1. The maximum absolute atomic E-state index is 10.1. The highest BCUT2D eigenvalue weighted by Gasteiger charge is 2.15. The second-order valence-electron chi connectivity index (χ2n) is 3.79. The van der Waals surface area contributed by atoms with Crippen LogP contribution in [-0.2, 0) is 0 Å². The Morgan fingerprint density at radius 3 is 2.71 bits per heavy atom. The van der Waals surface area contributed by atoms with E-state index in [9.17, 15) is 5.11 Å². The highest BCUT2D eigenvalue weighted by Crippen LogP contribution is 2.26. The molecule has 0 aliphatic rings. The van der Waals surface area contributed by atoms with Gasteiger partial charge in [0.15, 0.2) is 0 Å². The number of aliphatic hydroxyl groups excluding tert-OH is 1. The van der Waals surface area contributed by atoms with E-state index < -0.39 is 6.10 Å². The van der Waals surface area contributed by atoms with Crippen molar-refractivity contribution in [2.75, 3.05) is 5.73 Å². The van der Waals surface area contributed by atoms with Crippen molar-refractivity contribution in [1.29, 1.82) is 0 Å². The quantitative estimate of drug-likeness (QED) is 0.855. The molecule has 0 spiro atoms. The normalized spacial score (nSPS) is 12.4. The van der Waals surface area contributed by atoms with Crippen LogP contribution in [0.2, 0.25) is 5.02 Å². The highest BCUT2D eigenvalue weighted by molar-refractivity contribution is 6.30. The number of aromatic nitrogens is 2. The van der Waals surface area contributed by atoms with Crippen molar-refractivity contribution in [3.63, 3.8) is 0 Å². The topological polar surface area (TPSA) is 72.0 Å². The largest absolute Gasteiger partial charge is 0.383 e. The van der Waals surface area contributed by atoms with Gasteiger partial charge in [-0.3, -0.25) is 4.98 Å². The average molecular weight is 250 g/mol. The van der Waals surface area contributed by atoms with Gasteiger partial charge >= 0.3 is 0 Å². The standard InChI is InChI=1S/C12H12ClN3O/c1-7-2-3-10(15-5-7)11(17)9-4-8(13)6-16-12(9)14/h2-6,11,17H,1H3,(H2,14,16). The van der Waals surface area contributed by atoms with Gasteiger partial charge in [-0.05, 0) is 24.6 Å². The van der Waals surface area contributed by atoms with Crippen LogP contribution in [0.25, 0.3) is 0 Å². The van der Waals surface area contributed by atoms with Crippen molar-refractivity contribution in [2.45, 2.75) is 13.0 Å². The van der Waals surface area contributed by atoms with Gasteiger partial charge in [0, 0.05) is 18.0 Å². The fourth-order valence-electron chi connectivity index (χ4n) is 1.48. The van der Waals surface area contributed by atoms with E-state index in [4.69, 9.17) is 17.3 Å². The Hall–Kier alpha value is -1.65. The van der Waals surface area contributed by atoms with Gasteiger partial charge in [0.05, 0.1) is 10.7 Å². The average Bonchev–Trinajstić information content (AvgIpc) is 2.32. The number of rotatable bonds is 2. The summed E-state index contributed by atoms with van der Waals surface area (Å²) in [4.78, 5) is 8.05. The van der Waals surface area contributed by atoms with Gasteiger partial charge in [-0.15, -0.1) is 0 Å². The van der Waals surface area contributed by atoms with Gasteiger partial charge in [0.2, 0.25) is 0 Å². The SMILES string of the molecule is Cc1ccc(C(O)c2cc(Cl)cnc2N)nc1. The molecule has 1 atom stereocenters. The number of nitrogen functional groups attached to an aromatic ring is 1. The van der Waals surface area contributed by atoms with Crippen molar-refractivity contribution in [1.82, 2.24) is 9.97 Å². The third-order valence-corrected chi connectivity index (χ3v) is 2.63. The van der Waals surface area contributed by atoms with Gasteiger partial charge in [-0.1, -0.05) is 17.7 Å². The molecule has 1 unspecified atom stereocenters. The minimum absolute atomic E-state index is 0.254. The zero-order valence-corrected chi connectivity index (χ0v) is 10.0. The molecule has 0 aliphatic heterocycles. The van der Waals surface area contributed by atoms with E-state index >= 15 is 0 Å². The summed E-state index contributed by atoms with van der Waals surface area (Å²) in [7, 11) is 0. The monoisotopic (exact) mass is 249 g/mol. The van der Waals surface area contributed by atoms with Crippen LogP contribution in [0, 0.1) is 6.92 Å². The summed E-state index contributed by atoms with van der Waals surface area (Å²) in [5.41, 5.74) is 7.71. The number of hydrogen-bond acceptors (Lipinski definition) is 4. The molecule has 0 saturated carbocycles. The number of aryl methyl sites for hydroxylation is 1. The molecule has 0 radical (unpaired) electrons. The molecule has 2 aromatic rings. The number of pyridine rings is 2. The Balaban J connectivity index is 2.39. The lowest BCUT2D eigenvalue weighted by atomic mass is 10.1. The molecule has 2 heterocycles. The Kier molecular flexibility index (Phi) is 3.26. The molecular formula is C12H12ClN3O. The molecule has 2 aromatic heterocycles. The third-order valence-electron chi connectivity index (χ3n) is 2.43. The number of nitrogens with zero attached hydrogens (tertiary/aromatic N) is 2. The minimum Gasteiger partial charge on any atom is -0.383 e. The smallest absolute Gasteiger partial charge is 0.129 e. The van der Waals surface area contributed by atoms with Gasteiger partial charge in [0.25, 0.3) is 0 Å². The zero-order valence-electron chi connectivity index (χ0n) is 9.26. The third kappa shape index (κ3) is 2.54. The molecule has 4 nitrogen and oxygen atoms in total. The predicted molar refractivity (Wildman–Crippen MR) is 66.7 cm³/mol. The van der Waals surface area contributed by atoms with Gasteiger partial charge in [0.1, 0.15) is 11.9 Å². The highest BCUT2D eigenvalue weighted by atomic mass is 35.5. The molecule has 0 fully saturated rings. The maximum Gasteiger partial charge on any atom is 0.129 e. The van der Waals surface area contributed by atoms with E-state index in [1.807, 2.05) is 13.0 Å². The van der Waals surface area contributed by atoms with E-state index in [1.54, 1.807) is 18.3 Å². The van der Waals surface area contributed by atoms with Crippen LogP contribution < -0.4 is 5.73 Å². The van der Waals surface area contributed by atoms with Crippen molar-refractivity contribution in [2.24, 2.45) is 0 Å². The van der Waals surface area contributed by atoms with Crippen LogP contribution in [0.1, 0.15) is 22.9 Å². The van der Waals surface area contributed by atoms with Crippen LogP contribution in [0.5, 0.6) is 0 Å². The minimum atomic E-state index is -0.915. The van der Waals surface area contributed by atoms with Crippen molar-refractivity contribution < 1.29 is 5.11 Å². The predicted octanol–water partition coefficient (Wildman–Crippen LogP) is 2.10. The molecule has 2 rings (SSSR count). The van der Waals surface area contributed by atoms with E-state index in [2.05, 4.69) is 9.97 Å². The second kappa shape index (κ2) is 4.69. The van der Waals surface area contributed by atoms with Crippen LogP contribution >= 0.6 is 11.6 Å². The Bertz CT molecular complexity index is 528. The number of anilines is 1. The molecule has 17 heavy (non-hydrogen) atoms. The summed E-state index contributed by atoms with van der Waals surface area (Å²) in [6.07, 6.45) is 2.21. The Morgan fingerprint density at radius 2 is 2.06 bits per heavy atom. The van der Waals surface area contributed by atoms with Crippen molar-refractivity contribution in [3.05, 3.63) is 52.4 Å². The number of aliphatic hydroxyl groups is 1. The summed E-state index contributed by atoms with van der Waals surface area (Å²) >= 11 is 5.82. The zero-order chi connectivity index (χ0) is 12.4. The van der Waals surface area contributed by atoms with Crippen LogP contribution in [0.15, 0.2) is 30.6 Å². The number of hydrogen-bond donors (Lipinski definition) is 2. The molecule has 0 amide bonds. The molecular weight excluding hydrogens is 238 g/mol. The Labute approximate surface area is 104 Å². The molecule has 0 bridgehead atoms. The Morgan fingerprint density at radius 1 is 1.29 bits per heavy atom. The fourth-order valence-corrected chi connectivity index (χ4v) is 1.65. The molecule has 88 valence electrons. The van der Waals surface area contributed by atoms with E-state index in [0.717, 1.165) is 5.56 Å². The van der Waals surface area contributed by atoms with E-state index in [0.29, 0.717) is 16.3 Å². The van der Waals surface area contributed by atoms with Gasteiger partial charge in [-0.25, -0.2) is 4.98 Å². The van der Waals surface area contributed by atoms with Gasteiger partial charge in [-0.2, -0.15) is 0 Å². The van der Waals surface area contributed by atoms with E-state index in [-0.39, 0.29) is 5.82 Å². The molecule has 0 saturated heterocycles.